The molecule has 7 nitrogen and oxygen atoms in total. The van der Waals surface area contributed by atoms with Crippen molar-refractivity contribution >= 4 is 52.6 Å². The van der Waals surface area contributed by atoms with Crippen LogP contribution in [0.4, 0.5) is 0 Å². The zero-order chi connectivity index (χ0) is 18.8. The smallest absolute Gasteiger partial charge is 0.315 e. The molecule has 0 radical (unpaired) electrons. The minimum absolute atomic E-state index is 0.131. The summed E-state index contributed by atoms with van der Waals surface area (Å²) in [5.41, 5.74) is 3.39. The average molecular weight is 410 g/mol. The predicted octanol–water partition coefficient (Wildman–Crippen LogP) is 2.24. The molecule has 1 atom stereocenters. The maximum Gasteiger partial charge on any atom is 0.315 e. The van der Waals surface area contributed by atoms with Gasteiger partial charge in [-0.05, 0) is 25.1 Å². The molecule has 0 saturated heterocycles. The number of alkyl halides is 2. The number of nitrogens with one attached hydrogen (secondary N) is 2. The van der Waals surface area contributed by atoms with Gasteiger partial charge in [0.05, 0.1) is 12.7 Å². The van der Waals surface area contributed by atoms with E-state index in [0.717, 1.165) is 0 Å². The number of rotatable bonds is 5. The van der Waals surface area contributed by atoms with Crippen LogP contribution in [-0.2, 0) is 14.3 Å². The molecule has 0 bridgehead atoms. The van der Waals surface area contributed by atoms with E-state index in [9.17, 15) is 14.4 Å². The van der Waals surface area contributed by atoms with Gasteiger partial charge in [0, 0.05) is 11.4 Å². The third kappa shape index (κ3) is 4.29. The summed E-state index contributed by atoms with van der Waals surface area (Å²) in [5, 5.41) is 0.328. The lowest BCUT2D eigenvalue weighted by molar-refractivity contribution is -0.153. The van der Waals surface area contributed by atoms with Crippen molar-refractivity contribution in [3.05, 3.63) is 28.8 Å². The van der Waals surface area contributed by atoms with Crippen LogP contribution >= 0.6 is 34.8 Å². The SMILES string of the molecule is COc1ccc(Cl)cc1C(=O)NNC(=O)COC(=O)[C@@]1(C)CC1(Cl)Cl. The lowest BCUT2D eigenvalue weighted by Gasteiger charge is -2.13. The van der Waals surface area contributed by atoms with Gasteiger partial charge in [0.15, 0.2) is 6.61 Å². The molecule has 10 heteroatoms. The standard InChI is InChI=1S/C15H15Cl3N2O5/c1-14(7-15(14,17)18)13(23)25-6-11(21)19-20-12(22)9-5-8(16)3-4-10(9)24-2/h3-5H,6-7H2,1-2H3,(H,19,21)(H,20,22)/t14-/m1/s1. The monoisotopic (exact) mass is 408 g/mol. The third-order valence-corrected chi connectivity index (χ3v) is 5.10. The summed E-state index contributed by atoms with van der Waals surface area (Å²) in [6.45, 7) is 0.950. The molecule has 1 aliphatic rings. The van der Waals surface area contributed by atoms with Gasteiger partial charge in [-0.1, -0.05) is 11.6 Å². The van der Waals surface area contributed by atoms with Gasteiger partial charge in [0.25, 0.3) is 11.8 Å². The molecule has 2 N–H and O–H groups in total. The van der Waals surface area contributed by atoms with Crippen molar-refractivity contribution < 1.29 is 23.9 Å². The topological polar surface area (TPSA) is 93.7 Å². The van der Waals surface area contributed by atoms with Crippen molar-refractivity contribution in [3.8, 4) is 5.75 Å². The van der Waals surface area contributed by atoms with E-state index in [-0.39, 0.29) is 17.7 Å². The predicted molar refractivity (Wildman–Crippen MR) is 91.7 cm³/mol. The first-order valence-corrected chi connectivity index (χ1v) is 8.22. The number of ether oxygens (including phenoxy) is 2. The van der Waals surface area contributed by atoms with Crippen LogP contribution in [0.5, 0.6) is 5.75 Å². The van der Waals surface area contributed by atoms with E-state index in [0.29, 0.717) is 5.02 Å². The Morgan fingerprint density at radius 2 is 1.88 bits per heavy atom. The minimum atomic E-state index is -1.18. The maximum absolute atomic E-state index is 12.1. The van der Waals surface area contributed by atoms with E-state index >= 15 is 0 Å². The van der Waals surface area contributed by atoms with Gasteiger partial charge in [0.2, 0.25) is 0 Å². The Balaban J connectivity index is 1.83. The van der Waals surface area contributed by atoms with Gasteiger partial charge in [-0.25, -0.2) is 0 Å². The van der Waals surface area contributed by atoms with Crippen molar-refractivity contribution in [2.75, 3.05) is 13.7 Å². The first-order chi connectivity index (χ1) is 11.6. The molecule has 2 rings (SSSR count). The second kappa shape index (κ2) is 7.27. The van der Waals surface area contributed by atoms with E-state index in [1.807, 2.05) is 0 Å². The highest BCUT2D eigenvalue weighted by molar-refractivity contribution is 6.53. The molecule has 136 valence electrons. The van der Waals surface area contributed by atoms with Crippen LogP contribution in [0.2, 0.25) is 5.02 Å². The van der Waals surface area contributed by atoms with E-state index in [4.69, 9.17) is 44.3 Å². The summed E-state index contributed by atoms with van der Waals surface area (Å²) in [6.07, 6.45) is 0.245. The van der Waals surface area contributed by atoms with Crippen molar-refractivity contribution in [1.82, 2.24) is 10.9 Å². The van der Waals surface area contributed by atoms with Crippen LogP contribution in [0.3, 0.4) is 0 Å². The van der Waals surface area contributed by atoms with E-state index < -0.39 is 34.1 Å². The molecule has 0 spiro atoms. The Hall–Kier alpha value is -1.70. The van der Waals surface area contributed by atoms with E-state index in [1.165, 1.54) is 19.2 Å². The van der Waals surface area contributed by atoms with Gasteiger partial charge < -0.3 is 9.47 Å². The number of esters is 1. The van der Waals surface area contributed by atoms with Crippen LogP contribution in [-0.4, -0.2) is 35.8 Å². The van der Waals surface area contributed by atoms with E-state index in [1.54, 1.807) is 13.0 Å². The highest BCUT2D eigenvalue weighted by Crippen LogP contribution is 2.64. The molecular weight excluding hydrogens is 395 g/mol. The van der Waals surface area contributed by atoms with Gasteiger partial charge in [-0.15, -0.1) is 23.2 Å². The fraction of sp³-hybridized carbons (Fsp3) is 0.400. The summed E-state index contributed by atoms with van der Waals surface area (Å²) < 4.78 is 8.71. The Kier molecular flexibility index (Phi) is 5.71. The number of carbonyl (C=O) groups excluding carboxylic acids is 3. The second-order valence-electron chi connectivity index (χ2n) is 5.64. The van der Waals surface area contributed by atoms with Crippen molar-refractivity contribution in [3.63, 3.8) is 0 Å². The van der Waals surface area contributed by atoms with Crippen LogP contribution in [0.15, 0.2) is 18.2 Å². The van der Waals surface area contributed by atoms with Crippen LogP contribution in [0.25, 0.3) is 0 Å². The fourth-order valence-corrected chi connectivity index (χ4v) is 2.86. The number of benzene rings is 1. The number of amides is 2. The third-order valence-electron chi connectivity index (χ3n) is 3.76. The normalized spacial score (nSPS) is 20.4. The largest absolute Gasteiger partial charge is 0.496 e. The summed E-state index contributed by atoms with van der Waals surface area (Å²) in [7, 11) is 1.39. The molecule has 2 amide bonds. The Labute approximate surface area is 158 Å². The minimum Gasteiger partial charge on any atom is -0.496 e. The van der Waals surface area contributed by atoms with Gasteiger partial charge >= 0.3 is 5.97 Å². The number of methoxy groups -OCH3 is 1. The lowest BCUT2D eigenvalue weighted by Crippen LogP contribution is -2.44. The van der Waals surface area contributed by atoms with Crippen LogP contribution < -0.4 is 15.6 Å². The molecule has 0 unspecified atom stereocenters. The first kappa shape index (κ1) is 19.6. The van der Waals surface area contributed by atoms with Crippen molar-refractivity contribution in [2.24, 2.45) is 5.41 Å². The number of hydrazine groups is 1. The van der Waals surface area contributed by atoms with Crippen LogP contribution in [0.1, 0.15) is 23.7 Å². The molecule has 0 aliphatic heterocycles. The zero-order valence-corrected chi connectivity index (χ0v) is 15.6. The van der Waals surface area contributed by atoms with Crippen molar-refractivity contribution in [1.29, 1.82) is 0 Å². The molecule has 1 aliphatic carbocycles. The average Bonchev–Trinajstić information content (AvgIpc) is 3.09. The molecule has 0 aromatic heterocycles. The summed E-state index contributed by atoms with van der Waals surface area (Å²) in [6, 6.07) is 4.46. The first-order valence-electron chi connectivity index (χ1n) is 7.08. The molecule has 1 fully saturated rings. The highest BCUT2D eigenvalue weighted by atomic mass is 35.5. The Morgan fingerprint density at radius 3 is 2.44 bits per heavy atom. The Morgan fingerprint density at radius 1 is 1.24 bits per heavy atom. The number of hydrogen-bond donors (Lipinski definition) is 2. The molecule has 1 aromatic carbocycles. The lowest BCUT2D eigenvalue weighted by atomic mass is 10.1. The van der Waals surface area contributed by atoms with Gasteiger partial charge in [-0.3, -0.25) is 25.2 Å². The summed E-state index contributed by atoms with van der Waals surface area (Å²) >= 11 is 17.5. The number of carbonyl (C=O) groups is 3. The molecular formula is C15H15Cl3N2O5. The van der Waals surface area contributed by atoms with Crippen molar-refractivity contribution in [2.45, 2.75) is 17.7 Å². The highest BCUT2D eigenvalue weighted by Gasteiger charge is 2.69. The fourth-order valence-electron chi connectivity index (χ4n) is 2.00. The number of halogens is 3. The molecule has 25 heavy (non-hydrogen) atoms. The van der Waals surface area contributed by atoms with Crippen LogP contribution in [0, 0.1) is 5.41 Å². The zero-order valence-electron chi connectivity index (χ0n) is 13.3. The maximum atomic E-state index is 12.1. The Bertz CT molecular complexity index is 725. The summed E-state index contributed by atoms with van der Waals surface area (Å²) in [5.74, 6) is -1.78. The molecule has 0 heterocycles. The second-order valence-corrected chi connectivity index (χ2v) is 7.56. The van der Waals surface area contributed by atoms with E-state index in [2.05, 4.69) is 10.9 Å². The molecule has 1 saturated carbocycles. The number of hydrogen-bond acceptors (Lipinski definition) is 5. The quantitative estimate of drug-likeness (QED) is 0.442. The van der Waals surface area contributed by atoms with Gasteiger partial charge in [0.1, 0.15) is 15.5 Å². The molecule has 1 aromatic rings. The summed E-state index contributed by atoms with van der Waals surface area (Å²) in [4.78, 5) is 35.6. The van der Waals surface area contributed by atoms with Gasteiger partial charge in [-0.2, -0.15) is 0 Å².